The summed E-state index contributed by atoms with van der Waals surface area (Å²) in [6.07, 6.45) is 5.87. The first-order chi connectivity index (χ1) is 11.2. The van der Waals surface area contributed by atoms with E-state index in [1.54, 1.807) is 6.20 Å². The summed E-state index contributed by atoms with van der Waals surface area (Å²) >= 11 is 0. The van der Waals surface area contributed by atoms with Gasteiger partial charge in [-0.05, 0) is 40.8 Å². The Bertz CT molecular complexity index is 730. The quantitative estimate of drug-likeness (QED) is 0.659. The van der Waals surface area contributed by atoms with E-state index in [0.29, 0.717) is 19.1 Å². The van der Waals surface area contributed by atoms with Crippen LogP contribution >= 0.6 is 0 Å². The highest BCUT2D eigenvalue weighted by Crippen LogP contribution is 2.16. The number of hydrogen-bond donors (Lipinski definition) is 0. The molecule has 0 aliphatic heterocycles. The highest BCUT2D eigenvalue weighted by molar-refractivity contribution is 5.26. The third-order valence-electron chi connectivity index (χ3n) is 3.85. The second-order valence-electron chi connectivity index (χ2n) is 6.00. The second-order valence-corrected chi connectivity index (χ2v) is 6.00. The van der Waals surface area contributed by atoms with Crippen molar-refractivity contribution < 1.29 is 4.74 Å². The first-order valence-corrected chi connectivity index (χ1v) is 7.97. The van der Waals surface area contributed by atoms with Crippen molar-refractivity contribution >= 4 is 0 Å². The molecule has 3 rings (SSSR count). The molecule has 3 aromatic rings. The van der Waals surface area contributed by atoms with Crippen LogP contribution in [-0.2, 0) is 18.0 Å². The minimum absolute atomic E-state index is 0.566. The maximum absolute atomic E-state index is 5.82. The predicted molar refractivity (Wildman–Crippen MR) is 92.6 cm³/mol. The number of ether oxygens (including phenoxy) is 1. The Morgan fingerprint density at radius 3 is 2.43 bits per heavy atom. The van der Waals surface area contributed by atoms with Gasteiger partial charge in [0, 0.05) is 18.6 Å². The lowest BCUT2D eigenvalue weighted by molar-refractivity contribution is 0.107. The molecule has 0 aliphatic rings. The van der Waals surface area contributed by atoms with Crippen molar-refractivity contribution in [1.29, 1.82) is 0 Å². The van der Waals surface area contributed by atoms with Gasteiger partial charge in [-0.1, -0.05) is 44.2 Å². The van der Waals surface area contributed by atoms with Gasteiger partial charge in [0.05, 0.1) is 13.2 Å². The molecule has 0 unspecified atom stereocenters. The molecule has 0 atom stereocenters. The standard InChI is InChI=1S/C20H22N2O/c1-16(2)19-8-6-17(7-9-19)14-23-15-18-10-12-22(13-18)20-5-3-4-11-21-20/h3-13,16H,14-15H2,1-2H3. The monoisotopic (exact) mass is 306 g/mol. The van der Waals surface area contributed by atoms with Gasteiger partial charge in [-0.3, -0.25) is 0 Å². The number of nitrogens with zero attached hydrogens (tertiary/aromatic N) is 2. The van der Waals surface area contributed by atoms with E-state index in [4.69, 9.17) is 4.74 Å². The Hall–Kier alpha value is -2.39. The van der Waals surface area contributed by atoms with Crippen molar-refractivity contribution in [3.05, 3.63) is 83.8 Å². The molecule has 0 aliphatic carbocycles. The van der Waals surface area contributed by atoms with Gasteiger partial charge in [0.2, 0.25) is 0 Å². The molecule has 23 heavy (non-hydrogen) atoms. The summed E-state index contributed by atoms with van der Waals surface area (Å²) < 4.78 is 7.83. The fourth-order valence-corrected chi connectivity index (χ4v) is 2.46. The van der Waals surface area contributed by atoms with Gasteiger partial charge in [0.15, 0.2) is 0 Å². The molecule has 0 fully saturated rings. The molecule has 0 spiro atoms. The largest absolute Gasteiger partial charge is 0.372 e. The van der Waals surface area contributed by atoms with Gasteiger partial charge < -0.3 is 9.30 Å². The number of rotatable bonds is 6. The van der Waals surface area contributed by atoms with Gasteiger partial charge in [0.25, 0.3) is 0 Å². The first-order valence-electron chi connectivity index (χ1n) is 7.97. The normalized spacial score (nSPS) is 11.1. The first kappa shape index (κ1) is 15.5. The summed E-state index contributed by atoms with van der Waals surface area (Å²) in [5.41, 5.74) is 3.72. The number of aromatic nitrogens is 2. The Labute approximate surface area is 137 Å². The van der Waals surface area contributed by atoms with E-state index in [-0.39, 0.29) is 0 Å². The molecule has 3 nitrogen and oxygen atoms in total. The zero-order valence-corrected chi connectivity index (χ0v) is 13.6. The van der Waals surface area contributed by atoms with E-state index in [1.165, 1.54) is 11.1 Å². The highest BCUT2D eigenvalue weighted by atomic mass is 16.5. The van der Waals surface area contributed by atoms with Crippen LogP contribution in [0.15, 0.2) is 67.1 Å². The van der Waals surface area contributed by atoms with Crippen LogP contribution in [0.5, 0.6) is 0 Å². The van der Waals surface area contributed by atoms with E-state index in [1.807, 2.05) is 29.0 Å². The summed E-state index contributed by atoms with van der Waals surface area (Å²) in [6.45, 7) is 5.65. The van der Waals surface area contributed by atoms with Gasteiger partial charge in [-0.15, -0.1) is 0 Å². The van der Waals surface area contributed by atoms with Crippen LogP contribution in [0.3, 0.4) is 0 Å². The minimum Gasteiger partial charge on any atom is -0.372 e. The SMILES string of the molecule is CC(C)c1ccc(COCc2ccn(-c3ccccn3)c2)cc1. The van der Waals surface area contributed by atoms with Crippen LogP contribution in [0.25, 0.3) is 5.82 Å². The maximum atomic E-state index is 5.82. The van der Waals surface area contributed by atoms with Gasteiger partial charge in [0.1, 0.15) is 5.82 Å². The Balaban J connectivity index is 1.54. The topological polar surface area (TPSA) is 27.1 Å². The summed E-state index contributed by atoms with van der Waals surface area (Å²) in [5, 5.41) is 0. The number of pyridine rings is 1. The third kappa shape index (κ3) is 4.08. The Morgan fingerprint density at radius 1 is 0.957 bits per heavy atom. The molecule has 2 heterocycles. The van der Waals surface area contributed by atoms with Crippen molar-refractivity contribution in [2.75, 3.05) is 0 Å². The third-order valence-corrected chi connectivity index (χ3v) is 3.85. The van der Waals surface area contributed by atoms with E-state index in [9.17, 15) is 0 Å². The van der Waals surface area contributed by atoms with Crippen molar-refractivity contribution in [3.63, 3.8) is 0 Å². The van der Waals surface area contributed by atoms with Crippen LogP contribution in [0, 0.1) is 0 Å². The molecule has 1 aromatic carbocycles. The summed E-state index contributed by atoms with van der Waals surface area (Å²) in [4.78, 5) is 4.33. The average molecular weight is 306 g/mol. The molecule has 0 bridgehead atoms. The van der Waals surface area contributed by atoms with Crippen LogP contribution in [0.1, 0.15) is 36.5 Å². The molecule has 0 saturated carbocycles. The van der Waals surface area contributed by atoms with E-state index < -0.39 is 0 Å². The summed E-state index contributed by atoms with van der Waals surface area (Å²) in [5.74, 6) is 1.49. The van der Waals surface area contributed by atoms with Gasteiger partial charge in [-0.2, -0.15) is 0 Å². The van der Waals surface area contributed by atoms with Crippen molar-refractivity contribution in [1.82, 2.24) is 9.55 Å². The van der Waals surface area contributed by atoms with Gasteiger partial charge in [-0.25, -0.2) is 4.98 Å². The summed E-state index contributed by atoms with van der Waals surface area (Å²) in [7, 11) is 0. The van der Waals surface area contributed by atoms with Crippen molar-refractivity contribution in [2.45, 2.75) is 33.0 Å². The molecule has 0 amide bonds. The average Bonchev–Trinajstić information content (AvgIpc) is 3.05. The molecular weight excluding hydrogens is 284 g/mol. The molecule has 0 saturated heterocycles. The lowest BCUT2D eigenvalue weighted by Gasteiger charge is -2.07. The Kier molecular flexibility index (Phi) is 4.89. The molecule has 118 valence electrons. The lowest BCUT2D eigenvalue weighted by atomic mass is 10.0. The number of hydrogen-bond acceptors (Lipinski definition) is 2. The van der Waals surface area contributed by atoms with Crippen molar-refractivity contribution in [2.24, 2.45) is 0 Å². The number of benzene rings is 1. The minimum atomic E-state index is 0.566. The molecule has 0 radical (unpaired) electrons. The second kappa shape index (κ2) is 7.25. The molecule has 0 N–H and O–H groups in total. The Morgan fingerprint density at radius 2 is 1.74 bits per heavy atom. The molecule has 3 heteroatoms. The fourth-order valence-electron chi connectivity index (χ4n) is 2.46. The molecule has 2 aromatic heterocycles. The van der Waals surface area contributed by atoms with Crippen LogP contribution in [-0.4, -0.2) is 9.55 Å². The predicted octanol–water partition coefficient (Wildman–Crippen LogP) is 4.71. The molecular formula is C20H22N2O. The fraction of sp³-hybridized carbons (Fsp3) is 0.250. The van der Waals surface area contributed by atoms with Gasteiger partial charge >= 0.3 is 0 Å². The zero-order valence-electron chi connectivity index (χ0n) is 13.6. The van der Waals surface area contributed by atoms with Crippen LogP contribution < -0.4 is 0 Å². The van der Waals surface area contributed by atoms with E-state index in [0.717, 1.165) is 11.4 Å². The highest BCUT2D eigenvalue weighted by Gasteiger charge is 2.02. The summed E-state index contributed by atoms with van der Waals surface area (Å²) in [6, 6.07) is 16.6. The van der Waals surface area contributed by atoms with E-state index in [2.05, 4.69) is 55.4 Å². The van der Waals surface area contributed by atoms with Crippen molar-refractivity contribution in [3.8, 4) is 5.82 Å². The zero-order chi connectivity index (χ0) is 16.1. The van der Waals surface area contributed by atoms with E-state index >= 15 is 0 Å². The van der Waals surface area contributed by atoms with Crippen LogP contribution in [0.4, 0.5) is 0 Å². The lowest BCUT2D eigenvalue weighted by Crippen LogP contribution is -1.95. The maximum Gasteiger partial charge on any atom is 0.136 e. The smallest absolute Gasteiger partial charge is 0.136 e. The van der Waals surface area contributed by atoms with Crippen LogP contribution in [0.2, 0.25) is 0 Å².